The standard InChI is InChI=1S/C23H24F4N4O/c1-21(2,3)20-28-29-30-31(20)18-11-15(14-6-8-17(24)9-7-14)10-16(12-18)19(32)13-22(4,5)23(25,26)27/h6-12H,13H2,1-5H3. The fourth-order valence-corrected chi connectivity index (χ4v) is 3.14. The number of rotatable bonds is 5. The highest BCUT2D eigenvalue weighted by molar-refractivity contribution is 5.98. The van der Waals surface area contributed by atoms with E-state index in [-0.39, 0.29) is 5.56 Å². The van der Waals surface area contributed by atoms with E-state index in [0.717, 1.165) is 13.8 Å². The monoisotopic (exact) mass is 448 g/mol. The van der Waals surface area contributed by atoms with Crippen LogP contribution in [-0.2, 0) is 5.41 Å². The van der Waals surface area contributed by atoms with Crippen molar-refractivity contribution in [1.82, 2.24) is 20.2 Å². The highest BCUT2D eigenvalue weighted by Gasteiger charge is 2.48. The molecule has 0 aliphatic heterocycles. The minimum absolute atomic E-state index is 0.0921. The third kappa shape index (κ3) is 4.87. The molecule has 0 N–H and O–H groups in total. The number of aromatic nitrogens is 4. The van der Waals surface area contributed by atoms with Crippen LogP contribution < -0.4 is 0 Å². The van der Waals surface area contributed by atoms with Crippen LogP contribution in [0.4, 0.5) is 17.6 Å². The van der Waals surface area contributed by atoms with Gasteiger partial charge in [-0.3, -0.25) is 4.79 Å². The zero-order valence-corrected chi connectivity index (χ0v) is 18.5. The molecule has 32 heavy (non-hydrogen) atoms. The van der Waals surface area contributed by atoms with Crippen LogP contribution in [0.25, 0.3) is 16.8 Å². The second kappa shape index (κ2) is 8.11. The Morgan fingerprint density at radius 3 is 2.12 bits per heavy atom. The maximum Gasteiger partial charge on any atom is 0.394 e. The van der Waals surface area contributed by atoms with Gasteiger partial charge in [0.15, 0.2) is 11.6 Å². The number of ketones is 1. The van der Waals surface area contributed by atoms with Crippen LogP contribution in [-0.4, -0.2) is 32.2 Å². The van der Waals surface area contributed by atoms with Gasteiger partial charge in [0.1, 0.15) is 5.82 Å². The number of nitrogens with zero attached hydrogens (tertiary/aromatic N) is 4. The van der Waals surface area contributed by atoms with Crippen LogP contribution in [0, 0.1) is 11.2 Å². The number of Topliss-reactive ketones (excluding diaryl/α,β-unsaturated/α-hetero) is 1. The van der Waals surface area contributed by atoms with Crippen LogP contribution >= 0.6 is 0 Å². The Labute approximate surface area is 183 Å². The summed E-state index contributed by atoms with van der Waals surface area (Å²) in [4.78, 5) is 12.9. The van der Waals surface area contributed by atoms with Gasteiger partial charge in [-0.2, -0.15) is 17.9 Å². The molecular formula is C23H24F4N4O. The van der Waals surface area contributed by atoms with Gasteiger partial charge in [-0.05, 0) is 51.9 Å². The summed E-state index contributed by atoms with van der Waals surface area (Å²) >= 11 is 0. The average Bonchev–Trinajstić information content (AvgIpc) is 3.17. The SMILES string of the molecule is CC(C)(C)c1nnnn1-c1cc(C(=O)CC(C)(C)C(F)(F)F)cc(-c2ccc(F)cc2)c1. The number of carbonyl (C=O) groups excluding carboxylic acids is 1. The van der Waals surface area contributed by atoms with Crippen LogP contribution in [0.5, 0.6) is 0 Å². The van der Waals surface area contributed by atoms with Crippen molar-refractivity contribution in [2.45, 2.75) is 52.6 Å². The summed E-state index contributed by atoms with van der Waals surface area (Å²) in [6.07, 6.45) is -5.25. The summed E-state index contributed by atoms with van der Waals surface area (Å²) < 4.78 is 54.9. The first-order chi connectivity index (χ1) is 14.7. The number of alkyl halides is 3. The first-order valence-electron chi connectivity index (χ1n) is 9.99. The molecule has 0 aliphatic carbocycles. The predicted octanol–water partition coefficient (Wildman–Crippen LogP) is 5.93. The number of carbonyl (C=O) groups is 1. The highest BCUT2D eigenvalue weighted by Crippen LogP contribution is 2.41. The fraction of sp³-hybridized carbons (Fsp3) is 0.391. The molecular weight excluding hydrogens is 424 g/mol. The first-order valence-corrected chi connectivity index (χ1v) is 9.99. The molecule has 1 heterocycles. The van der Waals surface area contributed by atoms with Gasteiger partial charge in [0.25, 0.3) is 0 Å². The minimum Gasteiger partial charge on any atom is -0.294 e. The van der Waals surface area contributed by atoms with Crippen molar-refractivity contribution in [2.75, 3.05) is 0 Å². The molecule has 0 atom stereocenters. The molecule has 9 heteroatoms. The Balaban J connectivity index is 2.15. The number of hydrogen-bond acceptors (Lipinski definition) is 4. The van der Waals surface area contributed by atoms with E-state index in [1.54, 1.807) is 6.07 Å². The summed E-state index contributed by atoms with van der Waals surface area (Å²) in [5, 5.41) is 11.8. The van der Waals surface area contributed by atoms with Gasteiger partial charge in [0, 0.05) is 17.4 Å². The molecule has 5 nitrogen and oxygen atoms in total. The number of hydrogen-bond donors (Lipinski definition) is 0. The second-order valence-corrected chi connectivity index (χ2v) is 9.42. The lowest BCUT2D eigenvalue weighted by atomic mass is 9.84. The van der Waals surface area contributed by atoms with Crippen LogP contribution in [0.1, 0.15) is 57.2 Å². The quantitative estimate of drug-likeness (QED) is 0.359. The largest absolute Gasteiger partial charge is 0.394 e. The molecule has 0 saturated carbocycles. The Bertz CT molecular complexity index is 1130. The summed E-state index contributed by atoms with van der Waals surface area (Å²) in [7, 11) is 0. The van der Waals surface area contributed by atoms with Gasteiger partial charge in [-0.15, -0.1) is 5.10 Å². The van der Waals surface area contributed by atoms with E-state index in [0.29, 0.717) is 22.6 Å². The average molecular weight is 448 g/mol. The van der Waals surface area contributed by atoms with Crippen molar-refractivity contribution >= 4 is 5.78 Å². The van der Waals surface area contributed by atoms with Gasteiger partial charge in [0.05, 0.1) is 11.1 Å². The zero-order chi connectivity index (χ0) is 23.9. The number of tetrazole rings is 1. The van der Waals surface area contributed by atoms with E-state index in [9.17, 15) is 22.4 Å². The van der Waals surface area contributed by atoms with Gasteiger partial charge >= 0.3 is 6.18 Å². The van der Waals surface area contributed by atoms with E-state index < -0.39 is 35.0 Å². The molecule has 0 bridgehead atoms. The smallest absolute Gasteiger partial charge is 0.294 e. The fourth-order valence-electron chi connectivity index (χ4n) is 3.14. The second-order valence-electron chi connectivity index (χ2n) is 9.42. The van der Waals surface area contributed by atoms with E-state index in [2.05, 4.69) is 15.5 Å². The Morgan fingerprint density at radius 2 is 1.56 bits per heavy atom. The third-order valence-corrected chi connectivity index (χ3v) is 5.17. The van der Waals surface area contributed by atoms with Crippen LogP contribution in [0.2, 0.25) is 0 Å². The lowest BCUT2D eigenvalue weighted by molar-refractivity contribution is -0.209. The summed E-state index contributed by atoms with van der Waals surface area (Å²) in [6, 6.07) is 10.3. The molecule has 0 saturated heterocycles. The Morgan fingerprint density at radius 1 is 0.938 bits per heavy atom. The van der Waals surface area contributed by atoms with Crippen molar-refractivity contribution in [1.29, 1.82) is 0 Å². The summed E-state index contributed by atoms with van der Waals surface area (Å²) in [5.74, 6) is -0.575. The summed E-state index contributed by atoms with van der Waals surface area (Å²) in [5.41, 5.74) is -0.975. The molecule has 0 spiro atoms. The molecule has 3 aromatic rings. The Kier molecular flexibility index (Phi) is 5.97. The van der Waals surface area contributed by atoms with Crippen molar-refractivity contribution < 1.29 is 22.4 Å². The topological polar surface area (TPSA) is 60.7 Å². The van der Waals surface area contributed by atoms with E-state index in [1.165, 1.54) is 41.1 Å². The zero-order valence-electron chi connectivity index (χ0n) is 18.5. The van der Waals surface area contributed by atoms with Gasteiger partial charge in [-0.1, -0.05) is 46.8 Å². The molecule has 0 amide bonds. The van der Waals surface area contributed by atoms with Gasteiger partial charge in [-0.25, -0.2) is 4.39 Å². The molecule has 170 valence electrons. The van der Waals surface area contributed by atoms with Crippen molar-refractivity contribution in [2.24, 2.45) is 5.41 Å². The predicted molar refractivity (Wildman–Crippen MR) is 112 cm³/mol. The molecule has 0 fully saturated rings. The first kappa shape index (κ1) is 23.6. The molecule has 0 radical (unpaired) electrons. The normalized spacial score (nSPS) is 12.8. The van der Waals surface area contributed by atoms with E-state index in [1.807, 2.05) is 20.8 Å². The van der Waals surface area contributed by atoms with E-state index >= 15 is 0 Å². The van der Waals surface area contributed by atoms with Crippen molar-refractivity contribution in [3.8, 4) is 16.8 Å². The van der Waals surface area contributed by atoms with E-state index in [4.69, 9.17) is 0 Å². The van der Waals surface area contributed by atoms with Crippen molar-refractivity contribution in [3.05, 3.63) is 59.7 Å². The number of benzene rings is 2. The molecule has 0 aliphatic rings. The van der Waals surface area contributed by atoms with Gasteiger partial charge < -0.3 is 0 Å². The van der Waals surface area contributed by atoms with Crippen LogP contribution in [0.15, 0.2) is 42.5 Å². The van der Waals surface area contributed by atoms with Crippen molar-refractivity contribution in [3.63, 3.8) is 0 Å². The molecule has 0 unspecified atom stereocenters. The van der Waals surface area contributed by atoms with Crippen LogP contribution in [0.3, 0.4) is 0 Å². The minimum atomic E-state index is -4.53. The number of halogens is 4. The highest BCUT2D eigenvalue weighted by atomic mass is 19.4. The maximum atomic E-state index is 13.4. The third-order valence-electron chi connectivity index (χ3n) is 5.17. The maximum absolute atomic E-state index is 13.4. The summed E-state index contributed by atoms with van der Waals surface area (Å²) in [6.45, 7) is 7.73. The lowest BCUT2D eigenvalue weighted by Crippen LogP contribution is -2.34. The lowest BCUT2D eigenvalue weighted by Gasteiger charge is -2.27. The molecule has 3 rings (SSSR count). The van der Waals surface area contributed by atoms with Gasteiger partial charge in [0.2, 0.25) is 0 Å². The molecule has 1 aromatic heterocycles. The molecule has 2 aromatic carbocycles. The Hall–Kier alpha value is -3.10.